The van der Waals surface area contributed by atoms with Gasteiger partial charge in [0.1, 0.15) is 6.17 Å². The van der Waals surface area contributed by atoms with Crippen LogP contribution in [-0.4, -0.2) is 10.7 Å². The number of rotatable bonds is 7. The van der Waals surface area contributed by atoms with Crippen LogP contribution in [0.25, 0.3) is 83.3 Å². The van der Waals surface area contributed by atoms with E-state index in [4.69, 9.17) is 4.99 Å². The highest BCUT2D eigenvalue weighted by Crippen LogP contribution is 2.51. The Kier molecular flexibility index (Phi) is 9.64. The highest BCUT2D eigenvalue weighted by molar-refractivity contribution is 6.11. The van der Waals surface area contributed by atoms with Crippen molar-refractivity contribution in [2.45, 2.75) is 76.4 Å². The topological polar surface area (TPSA) is 44.1 Å². The summed E-state index contributed by atoms with van der Waals surface area (Å²) in [5.41, 5.74) is 26.6. The Morgan fingerprint density at radius 3 is 2.04 bits per heavy atom. The van der Waals surface area contributed by atoms with Crippen molar-refractivity contribution in [3.63, 3.8) is 0 Å². The molecule has 4 heterocycles. The first-order valence-electron chi connectivity index (χ1n) is 26.1. The third kappa shape index (κ3) is 6.58. The molecule has 2 aromatic heterocycles. The van der Waals surface area contributed by atoms with Gasteiger partial charge in [-0.05, 0) is 144 Å². The number of nitrogens with zero attached hydrogens (tertiary/aromatic N) is 2. The monoisotopic (exact) mass is 929 g/mol. The third-order valence-corrected chi connectivity index (χ3v) is 17.2. The van der Waals surface area contributed by atoms with Crippen molar-refractivity contribution < 1.29 is 4.57 Å². The molecule has 0 saturated carbocycles. The van der Waals surface area contributed by atoms with Gasteiger partial charge in [-0.25, -0.2) is 0 Å². The number of aromatic amines is 1. The molecule has 8 aromatic carbocycles. The zero-order valence-electron chi connectivity index (χ0n) is 41.4. The number of allylic oxidation sites excluding steroid dienone is 1. The number of aromatic nitrogens is 2. The molecule has 0 fully saturated rings. The fourth-order valence-electron chi connectivity index (χ4n) is 13.2. The quantitative estimate of drug-likeness (QED) is 0.154. The number of benzene rings is 8. The molecule has 14 rings (SSSR count). The average molecular weight is 930 g/mol. The van der Waals surface area contributed by atoms with Gasteiger partial charge < -0.3 is 10.3 Å². The second kappa shape index (κ2) is 16.2. The summed E-state index contributed by atoms with van der Waals surface area (Å²) < 4.78 is 2.56. The lowest BCUT2D eigenvalue weighted by Crippen LogP contribution is -2.60. The third-order valence-electron chi connectivity index (χ3n) is 17.2. The predicted octanol–water partition coefficient (Wildman–Crippen LogP) is 16.1. The zero-order chi connectivity index (χ0) is 48.3. The Balaban J connectivity index is 0.916. The maximum absolute atomic E-state index is 5.62. The minimum Gasteiger partial charge on any atom is -0.360 e. The summed E-state index contributed by atoms with van der Waals surface area (Å²) in [6, 6.07) is 70.6. The van der Waals surface area contributed by atoms with Crippen LogP contribution in [0, 0.1) is 0 Å². The van der Waals surface area contributed by atoms with Gasteiger partial charge in [-0.1, -0.05) is 155 Å². The molecule has 4 nitrogen and oxygen atoms in total. The summed E-state index contributed by atoms with van der Waals surface area (Å²) in [4.78, 5) is 9.44. The van der Waals surface area contributed by atoms with Crippen LogP contribution in [0.2, 0.25) is 0 Å². The molecule has 0 radical (unpaired) electrons. The second-order valence-electron chi connectivity index (χ2n) is 21.3. The molecule has 2 aliphatic carbocycles. The highest BCUT2D eigenvalue weighted by Gasteiger charge is 2.43. The van der Waals surface area contributed by atoms with Crippen LogP contribution in [0.4, 0.5) is 0 Å². The fourth-order valence-corrected chi connectivity index (χ4v) is 13.2. The van der Waals surface area contributed by atoms with E-state index < -0.39 is 0 Å². The molecule has 0 saturated heterocycles. The van der Waals surface area contributed by atoms with Crippen molar-refractivity contribution in [1.29, 1.82) is 0 Å². The molecular formula is C68H57N4+. The van der Waals surface area contributed by atoms with Crippen LogP contribution in [0.3, 0.4) is 0 Å². The molecule has 2 N–H and O–H groups in total. The van der Waals surface area contributed by atoms with Crippen LogP contribution in [0.5, 0.6) is 0 Å². The molecule has 0 bridgehead atoms. The first-order valence-corrected chi connectivity index (χ1v) is 26.1. The van der Waals surface area contributed by atoms with Gasteiger partial charge in [0.2, 0.25) is 5.69 Å². The van der Waals surface area contributed by atoms with Crippen LogP contribution in [0.1, 0.15) is 91.6 Å². The summed E-state index contributed by atoms with van der Waals surface area (Å²) in [5, 5.41) is 6.34. The Labute approximate surface area is 422 Å². The maximum atomic E-state index is 5.62. The van der Waals surface area contributed by atoms with E-state index in [1.165, 1.54) is 99.9 Å². The van der Waals surface area contributed by atoms with E-state index in [0.29, 0.717) is 0 Å². The molecule has 2 unspecified atom stereocenters. The van der Waals surface area contributed by atoms with Gasteiger partial charge in [-0.3, -0.25) is 4.99 Å². The fraction of sp³-hybridized carbons (Fsp3) is 0.176. The molecule has 2 aliphatic heterocycles. The average Bonchev–Trinajstić information content (AvgIpc) is 3.91. The van der Waals surface area contributed by atoms with E-state index >= 15 is 0 Å². The molecule has 348 valence electrons. The molecule has 0 amide bonds. The number of fused-ring (bicyclic) bond motifs is 12. The SMILES string of the molecule is CCC1(CC)Cc2ccc(-c3ccc4c(c3)-c3ccc(-c5ccc6[nH]c7cc8c(cc7c6c5)-c5ccccc5C8(C)C)cc3C(C3=NC(c5ccccc5)NC(c5ccccc5)=C3)C4)cc2-c2cccc[n+]21. The smallest absolute Gasteiger partial charge is 0.213 e. The first kappa shape index (κ1) is 42.8. The van der Waals surface area contributed by atoms with Crippen LogP contribution in [-0.2, 0) is 23.8 Å². The Morgan fingerprint density at radius 1 is 0.542 bits per heavy atom. The lowest BCUT2D eigenvalue weighted by Gasteiger charge is -2.33. The maximum Gasteiger partial charge on any atom is 0.213 e. The van der Waals surface area contributed by atoms with E-state index in [9.17, 15) is 0 Å². The van der Waals surface area contributed by atoms with E-state index in [1.54, 1.807) is 0 Å². The van der Waals surface area contributed by atoms with Crippen LogP contribution >= 0.6 is 0 Å². The number of hydrogen-bond acceptors (Lipinski definition) is 2. The summed E-state index contributed by atoms with van der Waals surface area (Å²) >= 11 is 0. The highest BCUT2D eigenvalue weighted by atomic mass is 15.1. The Hall–Kier alpha value is -8.08. The molecule has 10 aromatic rings. The molecular weight excluding hydrogens is 873 g/mol. The van der Waals surface area contributed by atoms with Crippen LogP contribution in [0.15, 0.2) is 205 Å². The standard InChI is InChI=1S/C68H57N4/c1-5-68(6-2)41-49-27-25-45(34-53(49)65-23-15-16-32-72(65)68)44-24-26-48-37-56(64-40-62(42-17-9-7-10-18-42)70-66(71-64)43-19-11-8-12-20-43)54-35-46(28-30-50(54)52(48)33-44)47-29-31-61-57(36-47)58-38-55-51-21-13-14-22-59(51)67(3,4)60(55)39-63(58)69-61/h7-36,38-40,56,66,69-70H,5-6,37,41H2,1-4H3/q+1. The number of aliphatic imine (C=N–C) groups is 1. The lowest BCUT2D eigenvalue weighted by molar-refractivity contribution is -0.758. The summed E-state index contributed by atoms with van der Waals surface area (Å²) in [7, 11) is 0. The van der Waals surface area contributed by atoms with Gasteiger partial charge in [-0.15, -0.1) is 0 Å². The van der Waals surface area contributed by atoms with Gasteiger partial charge in [0.05, 0.1) is 5.56 Å². The summed E-state index contributed by atoms with van der Waals surface area (Å²) in [6.45, 7) is 9.40. The predicted molar refractivity (Wildman–Crippen MR) is 298 cm³/mol. The van der Waals surface area contributed by atoms with Crippen molar-refractivity contribution in [3.8, 4) is 55.8 Å². The van der Waals surface area contributed by atoms with Crippen molar-refractivity contribution in [1.82, 2.24) is 10.3 Å². The van der Waals surface area contributed by atoms with Gasteiger partial charge in [0.15, 0.2) is 11.7 Å². The molecule has 2 atom stereocenters. The first-order chi connectivity index (χ1) is 35.3. The largest absolute Gasteiger partial charge is 0.360 e. The van der Waals surface area contributed by atoms with E-state index in [-0.39, 0.29) is 23.0 Å². The number of H-pyrrole nitrogens is 1. The Morgan fingerprint density at radius 2 is 1.22 bits per heavy atom. The van der Waals surface area contributed by atoms with E-state index in [2.05, 4.69) is 243 Å². The van der Waals surface area contributed by atoms with Crippen LogP contribution < -0.4 is 9.88 Å². The minimum absolute atomic E-state index is 0.0304. The lowest BCUT2D eigenvalue weighted by atomic mass is 9.74. The second-order valence-corrected chi connectivity index (χ2v) is 21.3. The summed E-state index contributed by atoms with van der Waals surface area (Å²) in [5.74, 6) is 0.0304. The molecule has 4 heteroatoms. The van der Waals surface area contributed by atoms with Crippen molar-refractivity contribution in [3.05, 3.63) is 239 Å². The normalized spacial score (nSPS) is 17.7. The Bertz CT molecular complexity index is 3900. The van der Waals surface area contributed by atoms with Gasteiger partial charge >= 0.3 is 0 Å². The molecule has 0 spiro atoms. The number of pyridine rings is 1. The van der Waals surface area contributed by atoms with Crippen molar-refractivity contribution >= 4 is 33.2 Å². The number of hydrogen-bond donors (Lipinski definition) is 2. The summed E-state index contributed by atoms with van der Waals surface area (Å²) in [6.07, 6.45) is 8.50. The molecule has 4 aliphatic rings. The zero-order valence-corrected chi connectivity index (χ0v) is 41.4. The van der Waals surface area contributed by atoms with E-state index in [0.717, 1.165) is 53.7 Å². The number of nitrogens with one attached hydrogen (secondary N) is 2. The van der Waals surface area contributed by atoms with Crippen molar-refractivity contribution in [2.75, 3.05) is 0 Å². The van der Waals surface area contributed by atoms with Gasteiger partial charge in [0, 0.05) is 75.9 Å². The van der Waals surface area contributed by atoms with Crippen molar-refractivity contribution in [2.24, 2.45) is 4.99 Å². The van der Waals surface area contributed by atoms with E-state index in [1.807, 2.05) is 0 Å². The minimum atomic E-state index is -0.216. The molecule has 72 heavy (non-hydrogen) atoms. The van der Waals surface area contributed by atoms with Gasteiger partial charge in [0.25, 0.3) is 0 Å². The van der Waals surface area contributed by atoms with Gasteiger partial charge in [-0.2, -0.15) is 4.57 Å².